The van der Waals surface area contributed by atoms with Gasteiger partial charge < -0.3 is 24.8 Å². The van der Waals surface area contributed by atoms with Crippen LogP contribution in [0.15, 0.2) is 30.3 Å². The van der Waals surface area contributed by atoms with Crippen LogP contribution >= 0.6 is 0 Å². The van der Waals surface area contributed by atoms with E-state index in [-0.39, 0.29) is 31.1 Å². The van der Waals surface area contributed by atoms with Crippen LogP contribution < -0.4 is 5.32 Å². The van der Waals surface area contributed by atoms with Crippen molar-refractivity contribution >= 4 is 17.8 Å². The maximum absolute atomic E-state index is 14.0. The van der Waals surface area contributed by atoms with E-state index >= 15 is 0 Å². The highest BCUT2D eigenvalue weighted by Gasteiger charge is 2.75. The summed E-state index contributed by atoms with van der Waals surface area (Å²) in [6.45, 7) is 1.62. The SMILES string of the molecule is CCOC(=O)[C@@H]1[C@@H]2CCC3(O2)C(C(=O)NC2CCCCC2)N([C@H](CO)c2ccccc2)C(=O)[C@H]13. The molecule has 3 saturated heterocycles. The fourth-order valence-electron chi connectivity index (χ4n) is 6.79. The van der Waals surface area contributed by atoms with Crippen LogP contribution in [-0.4, -0.2) is 64.8 Å². The lowest BCUT2D eigenvalue weighted by atomic mass is 9.70. The van der Waals surface area contributed by atoms with Crippen LogP contribution in [0.4, 0.5) is 0 Å². The maximum atomic E-state index is 14.0. The summed E-state index contributed by atoms with van der Waals surface area (Å²) >= 11 is 0. The average molecular weight is 471 g/mol. The Bertz CT molecular complexity index is 932. The molecule has 6 atom stereocenters. The molecule has 0 radical (unpaired) electrons. The number of rotatable bonds is 7. The van der Waals surface area contributed by atoms with Crippen LogP contribution in [0.1, 0.15) is 63.5 Å². The van der Waals surface area contributed by atoms with Crippen LogP contribution in [0.25, 0.3) is 0 Å². The molecule has 3 heterocycles. The number of amides is 2. The zero-order chi connectivity index (χ0) is 23.9. The number of carbonyl (C=O) groups excluding carboxylic acids is 3. The normalized spacial score (nSPS) is 33.6. The summed E-state index contributed by atoms with van der Waals surface area (Å²) in [5.74, 6) is -2.52. The maximum Gasteiger partial charge on any atom is 0.312 e. The van der Waals surface area contributed by atoms with Crippen molar-refractivity contribution in [2.45, 2.75) is 81.7 Å². The number of nitrogens with zero attached hydrogens (tertiary/aromatic N) is 1. The molecule has 4 fully saturated rings. The quantitative estimate of drug-likeness (QED) is 0.592. The molecule has 2 unspecified atom stereocenters. The minimum absolute atomic E-state index is 0.0670. The number of aliphatic hydroxyl groups is 1. The van der Waals surface area contributed by atoms with Gasteiger partial charge in [-0.2, -0.15) is 0 Å². The van der Waals surface area contributed by atoms with Gasteiger partial charge in [0.1, 0.15) is 11.6 Å². The Balaban J connectivity index is 1.54. The van der Waals surface area contributed by atoms with Crippen LogP contribution in [0.3, 0.4) is 0 Å². The molecule has 1 aromatic rings. The van der Waals surface area contributed by atoms with Gasteiger partial charge in [-0.05, 0) is 38.2 Å². The van der Waals surface area contributed by atoms with Gasteiger partial charge in [-0.25, -0.2) is 0 Å². The van der Waals surface area contributed by atoms with Gasteiger partial charge in [0.2, 0.25) is 11.8 Å². The summed E-state index contributed by atoms with van der Waals surface area (Å²) in [5, 5.41) is 13.6. The average Bonchev–Trinajstić information content (AvgIpc) is 3.49. The number of aliphatic hydroxyl groups excluding tert-OH is 1. The van der Waals surface area contributed by atoms with E-state index in [0.29, 0.717) is 12.8 Å². The summed E-state index contributed by atoms with van der Waals surface area (Å²) in [4.78, 5) is 42.3. The van der Waals surface area contributed by atoms with Gasteiger partial charge in [0.25, 0.3) is 0 Å². The van der Waals surface area contributed by atoms with E-state index in [1.165, 1.54) is 11.3 Å². The van der Waals surface area contributed by atoms with E-state index in [4.69, 9.17) is 9.47 Å². The predicted molar refractivity (Wildman–Crippen MR) is 122 cm³/mol. The second kappa shape index (κ2) is 9.30. The third-order valence-corrected chi connectivity index (χ3v) is 8.19. The van der Waals surface area contributed by atoms with Crippen molar-refractivity contribution in [2.75, 3.05) is 13.2 Å². The molecule has 1 aromatic carbocycles. The molecule has 184 valence electrons. The first-order chi connectivity index (χ1) is 16.5. The largest absolute Gasteiger partial charge is 0.466 e. The van der Waals surface area contributed by atoms with Gasteiger partial charge in [0.15, 0.2) is 0 Å². The van der Waals surface area contributed by atoms with Gasteiger partial charge >= 0.3 is 5.97 Å². The molecule has 3 aliphatic heterocycles. The second-order valence-electron chi connectivity index (χ2n) is 10.0. The van der Waals surface area contributed by atoms with Gasteiger partial charge in [0, 0.05) is 6.04 Å². The molecule has 5 rings (SSSR count). The van der Waals surface area contributed by atoms with Crippen LogP contribution in [0.2, 0.25) is 0 Å². The van der Waals surface area contributed by atoms with Crippen molar-refractivity contribution < 1.29 is 29.0 Å². The van der Waals surface area contributed by atoms with Crippen LogP contribution in [-0.2, 0) is 23.9 Å². The van der Waals surface area contributed by atoms with E-state index < -0.39 is 41.6 Å². The molecule has 8 heteroatoms. The van der Waals surface area contributed by atoms with Gasteiger partial charge in [-0.1, -0.05) is 49.6 Å². The van der Waals surface area contributed by atoms with Crippen LogP contribution in [0, 0.1) is 11.8 Å². The van der Waals surface area contributed by atoms with Crippen molar-refractivity contribution in [1.29, 1.82) is 0 Å². The number of fused-ring (bicyclic) bond motifs is 1. The lowest BCUT2D eigenvalue weighted by Gasteiger charge is -2.38. The van der Waals surface area contributed by atoms with Gasteiger partial charge in [-0.3, -0.25) is 14.4 Å². The van der Waals surface area contributed by atoms with E-state index in [1.54, 1.807) is 6.92 Å². The van der Waals surface area contributed by atoms with Gasteiger partial charge in [-0.15, -0.1) is 0 Å². The summed E-state index contributed by atoms with van der Waals surface area (Å²) in [6.07, 6.45) is 5.83. The van der Waals surface area contributed by atoms with Crippen molar-refractivity contribution in [3.8, 4) is 0 Å². The molecule has 2 N–H and O–H groups in total. The first-order valence-corrected chi connectivity index (χ1v) is 12.6. The Labute approximate surface area is 200 Å². The van der Waals surface area contributed by atoms with Gasteiger partial charge in [0.05, 0.1) is 37.2 Å². The summed E-state index contributed by atoms with van der Waals surface area (Å²) < 4.78 is 11.7. The zero-order valence-electron chi connectivity index (χ0n) is 19.7. The first-order valence-electron chi connectivity index (χ1n) is 12.6. The second-order valence-corrected chi connectivity index (χ2v) is 10.0. The monoisotopic (exact) mass is 470 g/mol. The Morgan fingerprint density at radius 3 is 2.62 bits per heavy atom. The number of esters is 1. The molecule has 1 aliphatic carbocycles. The number of ether oxygens (including phenoxy) is 2. The van der Waals surface area contributed by atoms with E-state index in [2.05, 4.69) is 5.32 Å². The Kier molecular flexibility index (Phi) is 6.37. The minimum Gasteiger partial charge on any atom is -0.466 e. The number of nitrogens with one attached hydrogen (secondary N) is 1. The Hall–Kier alpha value is -2.45. The van der Waals surface area contributed by atoms with E-state index in [1.807, 2.05) is 30.3 Å². The highest BCUT2D eigenvalue weighted by atomic mass is 16.6. The molecular formula is C26H34N2O6. The van der Waals surface area contributed by atoms with E-state index in [0.717, 1.165) is 31.2 Å². The topological polar surface area (TPSA) is 105 Å². The van der Waals surface area contributed by atoms with Crippen molar-refractivity contribution in [3.63, 3.8) is 0 Å². The summed E-state index contributed by atoms with van der Waals surface area (Å²) in [5.41, 5.74) is -0.340. The van der Waals surface area contributed by atoms with Crippen molar-refractivity contribution in [2.24, 2.45) is 11.8 Å². The third kappa shape index (κ3) is 3.62. The molecule has 1 spiro atoms. The lowest BCUT2D eigenvalue weighted by molar-refractivity contribution is -0.155. The highest BCUT2D eigenvalue weighted by molar-refractivity contribution is 5.98. The summed E-state index contributed by atoms with van der Waals surface area (Å²) in [7, 11) is 0. The summed E-state index contributed by atoms with van der Waals surface area (Å²) in [6, 6.07) is 7.70. The number of likely N-dealkylation sites (tertiary alicyclic amines) is 1. The highest BCUT2D eigenvalue weighted by Crippen LogP contribution is 2.59. The molecule has 34 heavy (non-hydrogen) atoms. The number of benzene rings is 1. The van der Waals surface area contributed by atoms with Crippen molar-refractivity contribution in [1.82, 2.24) is 10.2 Å². The van der Waals surface area contributed by atoms with E-state index in [9.17, 15) is 19.5 Å². The van der Waals surface area contributed by atoms with Crippen LogP contribution in [0.5, 0.6) is 0 Å². The molecule has 4 aliphatic rings. The lowest BCUT2D eigenvalue weighted by Crippen LogP contribution is -2.57. The molecule has 0 aromatic heterocycles. The molecule has 8 nitrogen and oxygen atoms in total. The standard InChI is InChI=1S/C26H34N2O6/c1-2-33-25(32)20-19-13-14-26(34-19)21(20)24(31)28(18(15-29)16-9-5-3-6-10-16)22(26)23(30)27-17-11-7-4-8-12-17/h3,5-6,9-10,17-22,29H,2,4,7-8,11-15H2,1H3,(H,27,30)/t18-,19+,20-,21+,22?,26?/m1/s1. The first kappa shape index (κ1) is 23.3. The molecule has 1 saturated carbocycles. The predicted octanol–water partition coefficient (Wildman–Crippen LogP) is 2.11. The molecule has 2 bridgehead atoms. The number of hydrogen-bond donors (Lipinski definition) is 2. The zero-order valence-corrected chi connectivity index (χ0v) is 19.7. The number of hydrogen-bond acceptors (Lipinski definition) is 6. The molecular weight excluding hydrogens is 436 g/mol. The van der Waals surface area contributed by atoms with Crippen molar-refractivity contribution in [3.05, 3.63) is 35.9 Å². The Morgan fingerprint density at radius 1 is 1.21 bits per heavy atom. The smallest absolute Gasteiger partial charge is 0.312 e. The fraction of sp³-hybridized carbons (Fsp3) is 0.654. The molecule has 2 amide bonds. The number of carbonyl (C=O) groups is 3. The Morgan fingerprint density at radius 2 is 1.94 bits per heavy atom. The minimum atomic E-state index is -1.08. The fourth-order valence-corrected chi connectivity index (χ4v) is 6.79. The third-order valence-electron chi connectivity index (χ3n) is 8.19.